The van der Waals surface area contributed by atoms with Gasteiger partial charge < -0.3 is 16.0 Å². The summed E-state index contributed by atoms with van der Waals surface area (Å²) in [6.07, 6.45) is 3.39. The van der Waals surface area contributed by atoms with Crippen LogP contribution in [0.15, 0.2) is 0 Å². The highest BCUT2D eigenvalue weighted by molar-refractivity contribution is 5.81. The topological polar surface area (TPSA) is 58.4 Å². The summed E-state index contributed by atoms with van der Waals surface area (Å²) >= 11 is 0. The zero-order chi connectivity index (χ0) is 13.5. The third-order valence-electron chi connectivity index (χ3n) is 3.46. The molecule has 1 heterocycles. The van der Waals surface area contributed by atoms with E-state index in [1.807, 2.05) is 0 Å². The number of nitrogens with zero attached hydrogens (tertiary/aromatic N) is 1. The molecule has 0 aromatic carbocycles. The van der Waals surface area contributed by atoms with Crippen LogP contribution in [-0.2, 0) is 4.79 Å². The van der Waals surface area contributed by atoms with Gasteiger partial charge in [-0.15, -0.1) is 0 Å². The molecule has 0 bridgehead atoms. The summed E-state index contributed by atoms with van der Waals surface area (Å²) in [5.41, 5.74) is 5.85. The summed E-state index contributed by atoms with van der Waals surface area (Å²) in [5, 5.41) is 2.97. The van der Waals surface area contributed by atoms with Gasteiger partial charge in [0, 0.05) is 13.1 Å². The molecular weight excluding hydrogens is 226 g/mol. The molecule has 0 aromatic rings. The molecule has 0 aliphatic carbocycles. The Morgan fingerprint density at radius 3 is 2.44 bits per heavy atom. The third-order valence-corrected chi connectivity index (χ3v) is 3.46. The molecule has 1 saturated heterocycles. The van der Waals surface area contributed by atoms with Crippen LogP contribution in [0.4, 0.5) is 0 Å². The molecular formula is C14H29N3O. The van der Waals surface area contributed by atoms with Crippen LogP contribution in [0.3, 0.4) is 0 Å². The zero-order valence-corrected chi connectivity index (χ0v) is 12.1. The van der Waals surface area contributed by atoms with Gasteiger partial charge in [0.15, 0.2) is 0 Å². The Morgan fingerprint density at radius 2 is 1.89 bits per heavy atom. The quantitative estimate of drug-likeness (QED) is 0.719. The molecule has 1 amide bonds. The first-order chi connectivity index (χ1) is 8.49. The monoisotopic (exact) mass is 255 g/mol. The van der Waals surface area contributed by atoms with Crippen molar-refractivity contribution in [2.75, 3.05) is 26.2 Å². The van der Waals surface area contributed by atoms with Gasteiger partial charge in [-0.2, -0.15) is 0 Å². The third kappa shape index (κ3) is 5.83. The summed E-state index contributed by atoms with van der Waals surface area (Å²) in [6, 6.07) is -0.357. The van der Waals surface area contributed by atoms with Gasteiger partial charge in [0.2, 0.25) is 5.91 Å². The lowest BCUT2D eigenvalue weighted by Crippen LogP contribution is -2.44. The van der Waals surface area contributed by atoms with E-state index in [0.717, 1.165) is 19.5 Å². The number of rotatable bonds is 7. The van der Waals surface area contributed by atoms with Gasteiger partial charge in [-0.25, -0.2) is 0 Å². The molecule has 0 radical (unpaired) electrons. The van der Waals surface area contributed by atoms with Crippen LogP contribution < -0.4 is 11.1 Å². The maximum Gasteiger partial charge on any atom is 0.236 e. The number of hydrogen-bond acceptors (Lipinski definition) is 3. The van der Waals surface area contributed by atoms with Crippen molar-refractivity contribution in [1.82, 2.24) is 10.2 Å². The van der Waals surface area contributed by atoms with Crippen molar-refractivity contribution >= 4 is 5.91 Å². The van der Waals surface area contributed by atoms with E-state index < -0.39 is 0 Å². The normalized spacial score (nSPS) is 20.1. The van der Waals surface area contributed by atoms with Crippen LogP contribution in [0.25, 0.3) is 0 Å². The standard InChI is InChI=1S/C14H29N3O/c1-11(2)8-13(15)14(18)16-9-12(3)10-17-6-4-5-7-17/h11-13H,4-10,15H2,1-3H3,(H,16,18). The van der Waals surface area contributed by atoms with E-state index in [9.17, 15) is 4.79 Å². The minimum absolute atomic E-state index is 0.00280. The molecule has 1 aliphatic rings. The van der Waals surface area contributed by atoms with Crippen LogP contribution >= 0.6 is 0 Å². The number of carbonyl (C=O) groups is 1. The molecule has 0 spiro atoms. The predicted octanol–water partition coefficient (Wildman–Crippen LogP) is 1.21. The van der Waals surface area contributed by atoms with E-state index in [1.54, 1.807) is 0 Å². The van der Waals surface area contributed by atoms with Crippen molar-refractivity contribution in [3.8, 4) is 0 Å². The number of likely N-dealkylation sites (tertiary alicyclic amines) is 1. The molecule has 1 fully saturated rings. The average Bonchev–Trinajstić information content (AvgIpc) is 2.77. The summed E-state index contributed by atoms with van der Waals surface area (Å²) in [5.74, 6) is 0.961. The van der Waals surface area contributed by atoms with Crippen LogP contribution in [-0.4, -0.2) is 43.0 Å². The first kappa shape index (κ1) is 15.4. The zero-order valence-electron chi connectivity index (χ0n) is 12.1. The Morgan fingerprint density at radius 1 is 1.28 bits per heavy atom. The Hall–Kier alpha value is -0.610. The highest BCUT2D eigenvalue weighted by Gasteiger charge is 2.17. The Bertz CT molecular complexity index is 249. The summed E-state index contributed by atoms with van der Waals surface area (Å²) in [7, 11) is 0. The van der Waals surface area contributed by atoms with Crippen molar-refractivity contribution in [3.05, 3.63) is 0 Å². The van der Waals surface area contributed by atoms with Gasteiger partial charge in [-0.3, -0.25) is 4.79 Å². The van der Waals surface area contributed by atoms with Crippen molar-refractivity contribution in [2.24, 2.45) is 17.6 Å². The van der Waals surface area contributed by atoms with E-state index in [-0.39, 0.29) is 11.9 Å². The van der Waals surface area contributed by atoms with E-state index in [4.69, 9.17) is 5.73 Å². The fraction of sp³-hybridized carbons (Fsp3) is 0.929. The van der Waals surface area contributed by atoms with Crippen molar-refractivity contribution in [3.63, 3.8) is 0 Å². The van der Waals surface area contributed by atoms with E-state index in [1.165, 1.54) is 25.9 Å². The molecule has 2 atom stereocenters. The average molecular weight is 255 g/mol. The first-order valence-corrected chi connectivity index (χ1v) is 7.24. The molecule has 4 nitrogen and oxygen atoms in total. The lowest BCUT2D eigenvalue weighted by Gasteiger charge is -2.21. The second-order valence-electron chi connectivity index (χ2n) is 6.09. The van der Waals surface area contributed by atoms with Crippen molar-refractivity contribution < 1.29 is 4.79 Å². The Kier molecular flexibility index (Phi) is 6.65. The Balaban J connectivity index is 2.16. The molecule has 0 saturated carbocycles. The van der Waals surface area contributed by atoms with Gasteiger partial charge in [0.1, 0.15) is 0 Å². The number of hydrogen-bond donors (Lipinski definition) is 2. The summed E-state index contributed by atoms with van der Waals surface area (Å²) in [4.78, 5) is 14.2. The number of amides is 1. The second-order valence-corrected chi connectivity index (χ2v) is 6.09. The molecule has 18 heavy (non-hydrogen) atoms. The molecule has 0 aromatic heterocycles. The van der Waals surface area contributed by atoms with E-state index in [0.29, 0.717) is 11.8 Å². The van der Waals surface area contributed by atoms with Crippen LogP contribution in [0.1, 0.15) is 40.0 Å². The maximum absolute atomic E-state index is 11.8. The molecule has 1 rings (SSSR count). The number of carbonyl (C=O) groups excluding carboxylic acids is 1. The SMILES string of the molecule is CC(C)CC(N)C(=O)NCC(C)CN1CCCC1. The fourth-order valence-electron chi connectivity index (χ4n) is 2.49. The van der Waals surface area contributed by atoms with Crippen molar-refractivity contribution in [2.45, 2.75) is 46.1 Å². The van der Waals surface area contributed by atoms with E-state index in [2.05, 4.69) is 31.0 Å². The number of nitrogens with two attached hydrogens (primary N) is 1. The first-order valence-electron chi connectivity index (χ1n) is 7.24. The van der Waals surface area contributed by atoms with E-state index >= 15 is 0 Å². The highest BCUT2D eigenvalue weighted by atomic mass is 16.2. The molecule has 1 aliphatic heterocycles. The minimum Gasteiger partial charge on any atom is -0.354 e. The molecule has 2 unspecified atom stereocenters. The van der Waals surface area contributed by atoms with Gasteiger partial charge in [-0.05, 0) is 44.2 Å². The van der Waals surface area contributed by atoms with Gasteiger partial charge in [0.25, 0.3) is 0 Å². The predicted molar refractivity (Wildman–Crippen MR) is 75.3 cm³/mol. The smallest absolute Gasteiger partial charge is 0.236 e. The van der Waals surface area contributed by atoms with Gasteiger partial charge >= 0.3 is 0 Å². The molecule has 4 heteroatoms. The highest BCUT2D eigenvalue weighted by Crippen LogP contribution is 2.09. The Labute approximate surface area is 111 Å². The maximum atomic E-state index is 11.8. The fourth-order valence-corrected chi connectivity index (χ4v) is 2.49. The number of nitrogens with one attached hydrogen (secondary N) is 1. The summed E-state index contributed by atoms with van der Waals surface area (Å²) < 4.78 is 0. The van der Waals surface area contributed by atoms with Gasteiger partial charge in [-0.1, -0.05) is 20.8 Å². The minimum atomic E-state index is -0.357. The van der Waals surface area contributed by atoms with Crippen LogP contribution in [0.2, 0.25) is 0 Å². The van der Waals surface area contributed by atoms with Crippen LogP contribution in [0, 0.1) is 11.8 Å². The second kappa shape index (κ2) is 7.74. The van der Waals surface area contributed by atoms with Crippen molar-refractivity contribution in [1.29, 1.82) is 0 Å². The largest absolute Gasteiger partial charge is 0.354 e. The molecule has 3 N–H and O–H groups in total. The summed E-state index contributed by atoms with van der Waals surface area (Å²) in [6.45, 7) is 10.6. The van der Waals surface area contributed by atoms with Crippen LogP contribution in [0.5, 0.6) is 0 Å². The molecule has 106 valence electrons. The van der Waals surface area contributed by atoms with Gasteiger partial charge in [0.05, 0.1) is 6.04 Å². The lowest BCUT2D eigenvalue weighted by molar-refractivity contribution is -0.122. The lowest BCUT2D eigenvalue weighted by atomic mass is 10.0.